The molecule has 4 aromatic rings. The van der Waals surface area contributed by atoms with E-state index in [4.69, 9.17) is 19.2 Å². The van der Waals surface area contributed by atoms with Crippen LogP contribution in [0.1, 0.15) is 11.1 Å². The summed E-state index contributed by atoms with van der Waals surface area (Å²) in [5.74, 6) is 2.28. The summed E-state index contributed by atoms with van der Waals surface area (Å²) in [6.45, 7) is 0.741. The van der Waals surface area contributed by atoms with Crippen LogP contribution in [0.4, 0.5) is 0 Å². The van der Waals surface area contributed by atoms with Crippen molar-refractivity contribution >= 4 is 17.2 Å². The van der Waals surface area contributed by atoms with Gasteiger partial charge in [0, 0.05) is 23.1 Å². The lowest BCUT2D eigenvalue weighted by atomic mass is 10.1. The van der Waals surface area contributed by atoms with E-state index >= 15 is 0 Å². The normalized spacial score (nSPS) is 11.9. The Labute approximate surface area is 195 Å². The highest BCUT2D eigenvalue weighted by Crippen LogP contribution is 2.37. The fraction of sp³-hybridized carbons (Fsp3) is 0.154. The lowest BCUT2D eigenvalue weighted by Gasteiger charge is -2.07. The van der Waals surface area contributed by atoms with Crippen molar-refractivity contribution in [2.75, 3.05) is 13.9 Å². The van der Waals surface area contributed by atoms with Crippen molar-refractivity contribution in [1.82, 2.24) is 10.3 Å². The molecule has 0 spiro atoms. The Morgan fingerprint density at radius 2 is 1.70 bits per heavy atom. The number of rotatable bonds is 7. The summed E-state index contributed by atoms with van der Waals surface area (Å²) in [6, 6.07) is 21.5. The second kappa shape index (κ2) is 9.34. The predicted octanol–water partition coefficient (Wildman–Crippen LogP) is 5.07. The summed E-state index contributed by atoms with van der Waals surface area (Å²) >= 11 is 1.60. The molecule has 3 aromatic carbocycles. The zero-order chi connectivity index (χ0) is 22.6. The molecule has 1 aliphatic heterocycles. The molecule has 1 N–H and O–H groups in total. The van der Waals surface area contributed by atoms with Gasteiger partial charge in [-0.05, 0) is 41.5 Å². The number of fused-ring (bicyclic) bond motifs is 1. The average Bonchev–Trinajstić information content (AvgIpc) is 3.53. The first kappa shape index (κ1) is 21.0. The monoisotopic (exact) mass is 458 g/mol. The maximum Gasteiger partial charge on any atom is 0.231 e. The first-order valence-electron chi connectivity index (χ1n) is 10.5. The van der Waals surface area contributed by atoms with E-state index in [0.717, 1.165) is 50.2 Å². The number of benzene rings is 3. The molecule has 1 aromatic heterocycles. The molecule has 166 valence electrons. The van der Waals surface area contributed by atoms with E-state index in [1.165, 1.54) is 0 Å². The SMILES string of the molecule is COc1ccc(CC(=O)NCc2ccc(-c3nc(-c4ccc5c(c4)OCO5)cs3)cc2)cc1. The minimum Gasteiger partial charge on any atom is -0.497 e. The number of aromatic nitrogens is 1. The zero-order valence-electron chi connectivity index (χ0n) is 18.0. The molecule has 5 rings (SSSR count). The van der Waals surface area contributed by atoms with Crippen LogP contribution in [0.5, 0.6) is 17.2 Å². The number of nitrogens with zero attached hydrogens (tertiary/aromatic N) is 1. The summed E-state index contributed by atoms with van der Waals surface area (Å²) in [6.07, 6.45) is 0.337. The fourth-order valence-electron chi connectivity index (χ4n) is 3.55. The zero-order valence-corrected chi connectivity index (χ0v) is 18.9. The summed E-state index contributed by atoms with van der Waals surface area (Å²) in [5, 5.41) is 5.96. The summed E-state index contributed by atoms with van der Waals surface area (Å²) < 4.78 is 16.0. The van der Waals surface area contributed by atoms with E-state index in [2.05, 4.69) is 5.32 Å². The highest BCUT2D eigenvalue weighted by atomic mass is 32.1. The van der Waals surface area contributed by atoms with E-state index in [-0.39, 0.29) is 12.7 Å². The van der Waals surface area contributed by atoms with Gasteiger partial charge in [-0.3, -0.25) is 4.79 Å². The molecule has 0 aliphatic carbocycles. The largest absolute Gasteiger partial charge is 0.497 e. The molecule has 0 saturated heterocycles. The van der Waals surface area contributed by atoms with Crippen molar-refractivity contribution < 1.29 is 19.0 Å². The molecule has 7 heteroatoms. The summed E-state index contributed by atoms with van der Waals surface area (Å²) in [7, 11) is 1.62. The first-order valence-corrected chi connectivity index (χ1v) is 11.4. The van der Waals surface area contributed by atoms with Gasteiger partial charge in [-0.15, -0.1) is 11.3 Å². The lowest BCUT2D eigenvalue weighted by Crippen LogP contribution is -2.24. The minimum absolute atomic E-state index is 0.0162. The van der Waals surface area contributed by atoms with Crippen molar-refractivity contribution in [2.24, 2.45) is 0 Å². The van der Waals surface area contributed by atoms with Gasteiger partial charge in [0.05, 0.1) is 19.2 Å². The van der Waals surface area contributed by atoms with E-state index in [9.17, 15) is 4.79 Å². The van der Waals surface area contributed by atoms with Crippen LogP contribution in [0.25, 0.3) is 21.8 Å². The number of hydrogen-bond donors (Lipinski definition) is 1. The van der Waals surface area contributed by atoms with Crippen LogP contribution in [0.15, 0.2) is 72.1 Å². The second-order valence-electron chi connectivity index (χ2n) is 7.60. The molecule has 33 heavy (non-hydrogen) atoms. The molecular weight excluding hydrogens is 436 g/mol. The fourth-order valence-corrected chi connectivity index (χ4v) is 4.39. The Morgan fingerprint density at radius 3 is 2.48 bits per heavy atom. The van der Waals surface area contributed by atoms with Gasteiger partial charge < -0.3 is 19.5 Å². The third-order valence-electron chi connectivity index (χ3n) is 5.39. The molecule has 6 nitrogen and oxygen atoms in total. The molecular formula is C26H22N2O4S. The van der Waals surface area contributed by atoms with Gasteiger partial charge in [0.1, 0.15) is 10.8 Å². The number of methoxy groups -OCH3 is 1. The Hall–Kier alpha value is -3.84. The molecule has 0 fully saturated rings. The number of thiazole rings is 1. The molecule has 0 saturated carbocycles. The minimum atomic E-state index is -0.0162. The topological polar surface area (TPSA) is 69.7 Å². The highest BCUT2D eigenvalue weighted by molar-refractivity contribution is 7.13. The lowest BCUT2D eigenvalue weighted by molar-refractivity contribution is -0.120. The van der Waals surface area contributed by atoms with Crippen molar-refractivity contribution in [2.45, 2.75) is 13.0 Å². The third kappa shape index (κ3) is 4.83. The van der Waals surface area contributed by atoms with Crippen LogP contribution in [0.2, 0.25) is 0 Å². The molecule has 1 aliphatic rings. The van der Waals surface area contributed by atoms with Crippen molar-refractivity contribution in [3.8, 4) is 39.1 Å². The Morgan fingerprint density at radius 1 is 0.970 bits per heavy atom. The quantitative estimate of drug-likeness (QED) is 0.419. The van der Waals surface area contributed by atoms with E-state index < -0.39 is 0 Å². The van der Waals surface area contributed by atoms with Crippen LogP contribution >= 0.6 is 11.3 Å². The Kier molecular flexibility index (Phi) is 5.95. The maximum atomic E-state index is 12.3. The van der Waals surface area contributed by atoms with Gasteiger partial charge >= 0.3 is 0 Å². The maximum absolute atomic E-state index is 12.3. The smallest absolute Gasteiger partial charge is 0.231 e. The molecule has 0 unspecified atom stereocenters. The average molecular weight is 459 g/mol. The van der Waals surface area contributed by atoms with Gasteiger partial charge in [-0.2, -0.15) is 0 Å². The van der Waals surface area contributed by atoms with E-state index in [0.29, 0.717) is 13.0 Å². The van der Waals surface area contributed by atoms with Crippen molar-refractivity contribution in [1.29, 1.82) is 0 Å². The van der Waals surface area contributed by atoms with Gasteiger partial charge in [-0.25, -0.2) is 4.98 Å². The number of hydrogen-bond acceptors (Lipinski definition) is 6. The highest BCUT2D eigenvalue weighted by Gasteiger charge is 2.15. The number of carbonyl (C=O) groups is 1. The molecule has 0 radical (unpaired) electrons. The molecule has 2 heterocycles. The number of carbonyl (C=O) groups excluding carboxylic acids is 1. The van der Waals surface area contributed by atoms with Gasteiger partial charge in [0.2, 0.25) is 12.7 Å². The third-order valence-corrected chi connectivity index (χ3v) is 6.28. The van der Waals surface area contributed by atoms with Crippen molar-refractivity contribution in [3.63, 3.8) is 0 Å². The van der Waals surface area contributed by atoms with Crippen LogP contribution in [-0.4, -0.2) is 24.8 Å². The molecule has 0 bridgehead atoms. The van der Waals surface area contributed by atoms with Crippen molar-refractivity contribution in [3.05, 3.63) is 83.2 Å². The Bertz CT molecular complexity index is 1270. The predicted molar refractivity (Wildman–Crippen MR) is 128 cm³/mol. The number of amides is 1. The van der Waals surface area contributed by atoms with Gasteiger partial charge in [-0.1, -0.05) is 36.4 Å². The second-order valence-corrected chi connectivity index (χ2v) is 8.46. The summed E-state index contributed by atoms with van der Waals surface area (Å²) in [5.41, 5.74) is 4.93. The van der Waals surface area contributed by atoms with Crippen LogP contribution in [0.3, 0.4) is 0 Å². The van der Waals surface area contributed by atoms with Crippen LogP contribution in [0, 0.1) is 0 Å². The van der Waals surface area contributed by atoms with Gasteiger partial charge in [0.25, 0.3) is 0 Å². The summed E-state index contributed by atoms with van der Waals surface area (Å²) in [4.78, 5) is 17.1. The number of nitrogens with one attached hydrogen (secondary N) is 1. The first-order chi connectivity index (χ1) is 16.2. The number of ether oxygens (including phenoxy) is 3. The standard InChI is InChI=1S/C26H22N2O4S/c1-30-21-9-4-17(5-10-21)12-25(29)27-14-18-2-6-19(7-3-18)26-28-22(15-33-26)20-8-11-23-24(13-20)32-16-31-23/h2-11,13,15H,12,14,16H2,1H3,(H,27,29). The Balaban J connectivity index is 1.19. The van der Waals surface area contributed by atoms with E-state index in [1.54, 1.807) is 18.4 Å². The van der Waals surface area contributed by atoms with Crippen LogP contribution in [-0.2, 0) is 17.8 Å². The van der Waals surface area contributed by atoms with E-state index in [1.807, 2.05) is 72.1 Å². The molecule has 0 atom stereocenters. The van der Waals surface area contributed by atoms with Gasteiger partial charge in [0.15, 0.2) is 11.5 Å². The van der Waals surface area contributed by atoms with Crippen LogP contribution < -0.4 is 19.5 Å². The molecule has 1 amide bonds.